The predicted molar refractivity (Wildman–Crippen MR) is 52.4 cm³/mol. The smallest absolute Gasteiger partial charge is 0.307 e. The Morgan fingerprint density at radius 3 is 3.07 bits per heavy atom. The van der Waals surface area contributed by atoms with Crippen molar-refractivity contribution in [3.63, 3.8) is 0 Å². The number of hydrogen-bond acceptors (Lipinski definition) is 4. The zero-order valence-corrected chi connectivity index (χ0v) is 8.44. The van der Waals surface area contributed by atoms with Crippen LogP contribution in [0.25, 0.3) is 0 Å². The van der Waals surface area contributed by atoms with Gasteiger partial charge in [0.15, 0.2) is 0 Å². The van der Waals surface area contributed by atoms with Crippen molar-refractivity contribution in [1.82, 2.24) is 4.98 Å². The molecule has 15 heavy (non-hydrogen) atoms. The minimum absolute atomic E-state index is 0.0452. The van der Waals surface area contributed by atoms with Crippen molar-refractivity contribution in [2.24, 2.45) is 5.73 Å². The van der Waals surface area contributed by atoms with Crippen LogP contribution >= 0.6 is 0 Å². The monoisotopic (exact) mass is 212 g/mol. The molecule has 1 rings (SSSR count). The predicted octanol–water partition coefficient (Wildman–Crippen LogP) is 1.17. The summed E-state index contributed by atoms with van der Waals surface area (Å²) in [6.45, 7) is 2.00. The molecule has 0 saturated carbocycles. The molecule has 0 amide bonds. The van der Waals surface area contributed by atoms with Gasteiger partial charge in [0.25, 0.3) is 0 Å². The standard InChI is InChI=1S/C10H13FN2O2/c1-2-15-9(14)6-8(12)7-4-3-5-13-10(7)11/h3-5,8H,2,6,12H2,1H3/t8-/m0/s1. The Bertz CT molecular complexity index is 344. The largest absolute Gasteiger partial charge is 0.466 e. The molecule has 1 heterocycles. The Balaban J connectivity index is 2.65. The summed E-state index contributed by atoms with van der Waals surface area (Å²) in [5.41, 5.74) is 5.87. The Labute approximate surface area is 87.3 Å². The van der Waals surface area contributed by atoms with Gasteiger partial charge in [-0.05, 0) is 13.0 Å². The number of carbonyl (C=O) groups is 1. The summed E-state index contributed by atoms with van der Waals surface area (Å²) in [4.78, 5) is 14.5. The molecule has 5 heteroatoms. The Kier molecular flexibility index (Phi) is 4.17. The summed E-state index contributed by atoms with van der Waals surface area (Å²) in [6, 6.07) is 2.37. The molecule has 0 fully saturated rings. The van der Waals surface area contributed by atoms with E-state index in [2.05, 4.69) is 4.98 Å². The maximum atomic E-state index is 13.1. The van der Waals surface area contributed by atoms with E-state index in [1.165, 1.54) is 12.3 Å². The van der Waals surface area contributed by atoms with Gasteiger partial charge in [-0.3, -0.25) is 4.79 Å². The second kappa shape index (κ2) is 5.41. The third kappa shape index (κ3) is 3.28. The van der Waals surface area contributed by atoms with Crippen LogP contribution in [-0.2, 0) is 9.53 Å². The van der Waals surface area contributed by atoms with Crippen LogP contribution in [-0.4, -0.2) is 17.6 Å². The van der Waals surface area contributed by atoms with Crippen molar-refractivity contribution in [3.8, 4) is 0 Å². The van der Waals surface area contributed by atoms with E-state index in [4.69, 9.17) is 10.5 Å². The van der Waals surface area contributed by atoms with Crippen LogP contribution < -0.4 is 5.73 Å². The molecule has 0 unspecified atom stereocenters. The first-order chi connectivity index (χ1) is 7.15. The molecule has 0 radical (unpaired) electrons. The second-order valence-electron chi connectivity index (χ2n) is 3.00. The summed E-state index contributed by atoms with van der Waals surface area (Å²) in [7, 11) is 0. The first-order valence-corrected chi connectivity index (χ1v) is 4.66. The molecule has 0 bridgehead atoms. The van der Waals surface area contributed by atoms with E-state index in [0.717, 1.165) is 0 Å². The minimum atomic E-state index is -0.710. The highest BCUT2D eigenvalue weighted by Crippen LogP contribution is 2.16. The summed E-state index contributed by atoms with van der Waals surface area (Å²) in [6.07, 6.45) is 1.28. The lowest BCUT2D eigenvalue weighted by Gasteiger charge is -2.10. The van der Waals surface area contributed by atoms with Crippen molar-refractivity contribution in [1.29, 1.82) is 0 Å². The highest BCUT2D eigenvalue weighted by molar-refractivity contribution is 5.70. The molecule has 2 N–H and O–H groups in total. The zero-order chi connectivity index (χ0) is 11.3. The third-order valence-corrected chi connectivity index (χ3v) is 1.88. The SMILES string of the molecule is CCOC(=O)C[C@H](N)c1cccnc1F. The first kappa shape index (κ1) is 11.6. The topological polar surface area (TPSA) is 65.2 Å². The average molecular weight is 212 g/mol. The Morgan fingerprint density at radius 1 is 1.73 bits per heavy atom. The summed E-state index contributed by atoms with van der Waals surface area (Å²) < 4.78 is 17.8. The summed E-state index contributed by atoms with van der Waals surface area (Å²) in [5.74, 6) is -1.08. The maximum absolute atomic E-state index is 13.1. The van der Waals surface area contributed by atoms with Gasteiger partial charge in [-0.1, -0.05) is 6.07 Å². The quantitative estimate of drug-likeness (QED) is 0.601. The molecule has 0 aliphatic heterocycles. The van der Waals surface area contributed by atoms with Crippen LogP contribution in [0.3, 0.4) is 0 Å². The van der Waals surface area contributed by atoms with E-state index in [0.29, 0.717) is 6.61 Å². The zero-order valence-electron chi connectivity index (χ0n) is 8.44. The average Bonchev–Trinajstić information content (AvgIpc) is 2.18. The molecule has 1 atom stereocenters. The molecule has 0 aliphatic rings. The third-order valence-electron chi connectivity index (χ3n) is 1.88. The number of rotatable bonds is 4. The van der Waals surface area contributed by atoms with E-state index in [1.54, 1.807) is 13.0 Å². The molecular weight excluding hydrogens is 199 g/mol. The van der Waals surface area contributed by atoms with E-state index < -0.39 is 18.0 Å². The van der Waals surface area contributed by atoms with Gasteiger partial charge in [0, 0.05) is 17.8 Å². The van der Waals surface area contributed by atoms with Gasteiger partial charge in [-0.15, -0.1) is 0 Å². The van der Waals surface area contributed by atoms with Gasteiger partial charge >= 0.3 is 5.97 Å². The van der Waals surface area contributed by atoms with Crippen molar-refractivity contribution in [2.45, 2.75) is 19.4 Å². The van der Waals surface area contributed by atoms with Gasteiger partial charge in [0.2, 0.25) is 5.95 Å². The summed E-state index contributed by atoms with van der Waals surface area (Å²) >= 11 is 0. The molecule has 82 valence electrons. The van der Waals surface area contributed by atoms with Crippen molar-refractivity contribution < 1.29 is 13.9 Å². The lowest BCUT2D eigenvalue weighted by atomic mass is 10.1. The lowest BCUT2D eigenvalue weighted by Crippen LogP contribution is -2.18. The number of carbonyl (C=O) groups excluding carboxylic acids is 1. The first-order valence-electron chi connectivity index (χ1n) is 4.66. The molecule has 1 aromatic heterocycles. The van der Waals surface area contributed by atoms with Crippen molar-refractivity contribution in [3.05, 3.63) is 29.8 Å². The van der Waals surface area contributed by atoms with Crippen LogP contribution in [0, 0.1) is 5.95 Å². The van der Waals surface area contributed by atoms with E-state index in [-0.39, 0.29) is 12.0 Å². The van der Waals surface area contributed by atoms with Crippen LogP contribution in [0.15, 0.2) is 18.3 Å². The molecule has 0 aromatic carbocycles. The second-order valence-corrected chi connectivity index (χ2v) is 3.00. The van der Waals surface area contributed by atoms with E-state index >= 15 is 0 Å². The van der Waals surface area contributed by atoms with Gasteiger partial charge in [0.1, 0.15) is 0 Å². The molecule has 0 saturated heterocycles. The fourth-order valence-corrected chi connectivity index (χ4v) is 1.18. The molecule has 4 nitrogen and oxygen atoms in total. The molecular formula is C10H13FN2O2. The lowest BCUT2D eigenvalue weighted by molar-refractivity contribution is -0.143. The fourth-order valence-electron chi connectivity index (χ4n) is 1.18. The maximum Gasteiger partial charge on any atom is 0.307 e. The van der Waals surface area contributed by atoms with E-state index in [1.807, 2.05) is 0 Å². The van der Waals surface area contributed by atoms with Gasteiger partial charge < -0.3 is 10.5 Å². The van der Waals surface area contributed by atoms with Crippen LogP contribution in [0.4, 0.5) is 4.39 Å². The fraction of sp³-hybridized carbons (Fsp3) is 0.400. The van der Waals surface area contributed by atoms with Crippen LogP contribution in [0.1, 0.15) is 24.9 Å². The van der Waals surface area contributed by atoms with Crippen LogP contribution in [0.5, 0.6) is 0 Å². The highest BCUT2D eigenvalue weighted by atomic mass is 19.1. The molecule has 1 aromatic rings. The number of aromatic nitrogens is 1. The number of pyridine rings is 1. The Morgan fingerprint density at radius 2 is 2.47 bits per heavy atom. The number of nitrogens with two attached hydrogens (primary N) is 1. The molecule has 0 spiro atoms. The van der Waals surface area contributed by atoms with E-state index in [9.17, 15) is 9.18 Å². The van der Waals surface area contributed by atoms with Crippen LogP contribution in [0.2, 0.25) is 0 Å². The van der Waals surface area contributed by atoms with Crippen molar-refractivity contribution >= 4 is 5.97 Å². The Hall–Kier alpha value is -1.49. The number of halogens is 1. The normalized spacial score (nSPS) is 12.2. The van der Waals surface area contributed by atoms with Crippen molar-refractivity contribution in [2.75, 3.05) is 6.61 Å². The number of nitrogens with zero attached hydrogens (tertiary/aromatic N) is 1. The number of hydrogen-bond donors (Lipinski definition) is 1. The van der Waals surface area contributed by atoms with Gasteiger partial charge in [-0.25, -0.2) is 4.98 Å². The van der Waals surface area contributed by atoms with Gasteiger partial charge in [0.05, 0.1) is 13.0 Å². The number of esters is 1. The minimum Gasteiger partial charge on any atom is -0.466 e. The summed E-state index contributed by atoms with van der Waals surface area (Å²) in [5, 5.41) is 0. The molecule has 0 aliphatic carbocycles. The van der Waals surface area contributed by atoms with Gasteiger partial charge in [-0.2, -0.15) is 4.39 Å². The number of ether oxygens (including phenoxy) is 1. The highest BCUT2D eigenvalue weighted by Gasteiger charge is 2.16.